The van der Waals surface area contributed by atoms with Gasteiger partial charge in [0.2, 0.25) is 0 Å². The van der Waals surface area contributed by atoms with Crippen LogP contribution in [-0.2, 0) is 0 Å². The first-order valence-electron chi connectivity index (χ1n) is 5.12. The largest absolute Gasteiger partial charge is 0.373 e. The van der Waals surface area contributed by atoms with Crippen LogP contribution in [0.25, 0.3) is 0 Å². The topological polar surface area (TPSA) is 45.0 Å². The van der Waals surface area contributed by atoms with Crippen LogP contribution in [-0.4, -0.2) is 24.1 Å². The van der Waals surface area contributed by atoms with Crippen LogP contribution in [0.5, 0.6) is 0 Å². The molecule has 0 aromatic carbocycles. The normalized spacial score (nSPS) is 11.7. The average molecular weight is 195 g/mol. The van der Waals surface area contributed by atoms with E-state index in [4.69, 9.17) is 5.73 Å². The number of hydrogen-bond acceptors (Lipinski definition) is 2. The van der Waals surface area contributed by atoms with Gasteiger partial charge in [0.25, 0.3) is 0 Å². The number of nitrogens with zero attached hydrogens (tertiary/aromatic N) is 1. The Balaban J connectivity index is 2.26. The SMILES string of the molecule is CN(CCCC(C)(C)N)c1cc[nH]c1. The van der Waals surface area contributed by atoms with Gasteiger partial charge in [0.15, 0.2) is 0 Å². The van der Waals surface area contributed by atoms with Crippen molar-refractivity contribution >= 4 is 5.69 Å². The summed E-state index contributed by atoms with van der Waals surface area (Å²) in [6, 6.07) is 2.08. The van der Waals surface area contributed by atoms with Crippen LogP contribution in [0.15, 0.2) is 18.5 Å². The zero-order chi connectivity index (χ0) is 10.6. The standard InChI is InChI=1S/C11H21N3/c1-11(2,12)6-4-8-14(3)10-5-7-13-9-10/h5,7,9,13H,4,6,8,12H2,1-3H3. The minimum Gasteiger partial charge on any atom is -0.373 e. The summed E-state index contributed by atoms with van der Waals surface area (Å²) in [7, 11) is 2.10. The second kappa shape index (κ2) is 4.51. The van der Waals surface area contributed by atoms with Crippen LogP contribution in [0.1, 0.15) is 26.7 Å². The monoisotopic (exact) mass is 195 g/mol. The molecule has 3 nitrogen and oxygen atoms in total. The van der Waals surface area contributed by atoms with Gasteiger partial charge in [-0.15, -0.1) is 0 Å². The highest BCUT2D eigenvalue weighted by Gasteiger charge is 2.10. The molecule has 1 heterocycles. The summed E-state index contributed by atoms with van der Waals surface area (Å²) in [6.45, 7) is 5.20. The van der Waals surface area contributed by atoms with E-state index in [-0.39, 0.29) is 5.54 Å². The Kier molecular flexibility index (Phi) is 3.58. The van der Waals surface area contributed by atoms with Crippen molar-refractivity contribution in [2.24, 2.45) is 5.73 Å². The molecule has 0 bridgehead atoms. The van der Waals surface area contributed by atoms with Gasteiger partial charge in [-0.25, -0.2) is 0 Å². The van der Waals surface area contributed by atoms with Crippen molar-refractivity contribution in [1.29, 1.82) is 0 Å². The molecule has 1 aromatic rings. The first-order chi connectivity index (χ1) is 6.49. The Morgan fingerprint density at radius 3 is 2.71 bits per heavy atom. The second-order valence-electron chi connectivity index (χ2n) is 4.58. The molecule has 80 valence electrons. The molecule has 0 fully saturated rings. The van der Waals surface area contributed by atoms with Gasteiger partial charge in [-0.05, 0) is 32.8 Å². The van der Waals surface area contributed by atoms with Crippen molar-refractivity contribution in [2.45, 2.75) is 32.2 Å². The first-order valence-corrected chi connectivity index (χ1v) is 5.12. The van der Waals surface area contributed by atoms with Gasteiger partial charge in [-0.2, -0.15) is 0 Å². The maximum atomic E-state index is 5.92. The predicted molar refractivity (Wildman–Crippen MR) is 61.6 cm³/mol. The van der Waals surface area contributed by atoms with E-state index in [1.165, 1.54) is 5.69 Å². The van der Waals surface area contributed by atoms with Gasteiger partial charge >= 0.3 is 0 Å². The van der Waals surface area contributed by atoms with Crippen molar-refractivity contribution in [3.05, 3.63) is 18.5 Å². The maximum Gasteiger partial charge on any atom is 0.0541 e. The molecule has 0 atom stereocenters. The number of nitrogens with two attached hydrogens (primary N) is 1. The van der Waals surface area contributed by atoms with Gasteiger partial charge in [-0.3, -0.25) is 0 Å². The van der Waals surface area contributed by atoms with Crippen LogP contribution in [0.3, 0.4) is 0 Å². The molecule has 0 aliphatic heterocycles. The second-order valence-corrected chi connectivity index (χ2v) is 4.58. The zero-order valence-corrected chi connectivity index (χ0v) is 9.38. The third-order valence-corrected chi connectivity index (χ3v) is 2.34. The molecular formula is C11H21N3. The van der Waals surface area contributed by atoms with Crippen LogP contribution < -0.4 is 10.6 Å². The fraction of sp³-hybridized carbons (Fsp3) is 0.636. The number of rotatable bonds is 5. The van der Waals surface area contributed by atoms with Gasteiger partial charge in [0.05, 0.1) is 5.69 Å². The van der Waals surface area contributed by atoms with E-state index in [1.54, 1.807) is 0 Å². The van der Waals surface area contributed by atoms with Gasteiger partial charge in [-0.1, -0.05) is 0 Å². The molecule has 0 spiro atoms. The Labute approximate surface area is 86.3 Å². The number of H-pyrrole nitrogens is 1. The fourth-order valence-electron chi connectivity index (χ4n) is 1.45. The summed E-state index contributed by atoms with van der Waals surface area (Å²) in [4.78, 5) is 5.29. The van der Waals surface area contributed by atoms with E-state index in [9.17, 15) is 0 Å². The number of hydrogen-bond donors (Lipinski definition) is 2. The smallest absolute Gasteiger partial charge is 0.0541 e. The van der Waals surface area contributed by atoms with E-state index < -0.39 is 0 Å². The van der Waals surface area contributed by atoms with Gasteiger partial charge in [0, 0.05) is 31.5 Å². The molecule has 1 aromatic heterocycles. The summed E-state index contributed by atoms with van der Waals surface area (Å²) in [5, 5.41) is 0. The molecule has 0 aliphatic carbocycles. The lowest BCUT2D eigenvalue weighted by atomic mass is 10.00. The van der Waals surface area contributed by atoms with E-state index >= 15 is 0 Å². The number of aromatic amines is 1. The lowest BCUT2D eigenvalue weighted by molar-refractivity contribution is 0.460. The highest BCUT2D eigenvalue weighted by Crippen LogP contribution is 2.13. The highest BCUT2D eigenvalue weighted by molar-refractivity contribution is 5.42. The molecule has 0 radical (unpaired) electrons. The molecule has 0 unspecified atom stereocenters. The Bertz CT molecular complexity index is 246. The molecule has 1 rings (SSSR count). The van der Waals surface area contributed by atoms with Gasteiger partial charge in [0.1, 0.15) is 0 Å². The van der Waals surface area contributed by atoms with Crippen LogP contribution in [0.4, 0.5) is 5.69 Å². The van der Waals surface area contributed by atoms with E-state index in [2.05, 4.69) is 36.8 Å². The summed E-state index contributed by atoms with van der Waals surface area (Å²) in [5.41, 5.74) is 7.11. The predicted octanol–water partition coefficient (Wildman–Crippen LogP) is 1.97. The van der Waals surface area contributed by atoms with E-state index in [1.807, 2.05) is 12.4 Å². The van der Waals surface area contributed by atoms with Crippen molar-refractivity contribution in [3.63, 3.8) is 0 Å². The third-order valence-electron chi connectivity index (χ3n) is 2.34. The van der Waals surface area contributed by atoms with Crippen LogP contribution in [0.2, 0.25) is 0 Å². The Morgan fingerprint density at radius 1 is 1.50 bits per heavy atom. The van der Waals surface area contributed by atoms with E-state index in [0.717, 1.165) is 19.4 Å². The molecule has 3 N–H and O–H groups in total. The van der Waals surface area contributed by atoms with Crippen molar-refractivity contribution in [1.82, 2.24) is 4.98 Å². The molecule has 0 saturated heterocycles. The maximum absolute atomic E-state index is 5.92. The fourth-order valence-corrected chi connectivity index (χ4v) is 1.45. The number of anilines is 1. The summed E-state index contributed by atoms with van der Waals surface area (Å²) in [6.07, 6.45) is 6.14. The quantitative estimate of drug-likeness (QED) is 0.754. The van der Waals surface area contributed by atoms with Crippen molar-refractivity contribution < 1.29 is 0 Å². The number of nitrogens with one attached hydrogen (secondary N) is 1. The minimum absolute atomic E-state index is 0.0427. The molecule has 14 heavy (non-hydrogen) atoms. The lowest BCUT2D eigenvalue weighted by Gasteiger charge is -2.22. The lowest BCUT2D eigenvalue weighted by Crippen LogP contribution is -2.33. The first kappa shape index (κ1) is 11.1. The highest BCUT2D eigenvalue weighted by atomic mass is 15.1. The summed E-state index contributed by atoms with van der Waals surface area (Å²) < 4.78 is 0. The average Bonchev–Trinajstić information content (AvgIpc) is 2.53. The van der Waals surface area contributed by atoms with E-state index in [0.29, 0.717) is 0 Å². The van der Waals surface area contributed by atoms with Crippen LogP contribution in [0, 0.1) is 0 Å². The summed E-state index contributed by atoms with van der Waals surface area (Å²) >= 11 is 0. The van der Waals surface area contributed by atoms with Crippen molar-refractivity contribution in [3.8, 4) is 0 Å². The molecule has 0 saturated carbocycles. The zero-order valence-electron chi connectivity index (χ0n) is 9.38. The molecule has 3 heteroatoms. The molecule has 0 amide bonds. The summed E-state index contributed by atoms with van der Waals surface area (Å²) in [5.74, 6) is 0. The third kappa shape index (κ3) is 3.83. The minimum atomic E-state index is -0.0427. The van der Waals surface area contributed by atoms with Gasteiger partial charge < -0.3 is 15.6 Å². The van der Waals surface area contributed by atoms with Crippen molar-refractivity contribution in [2.75, 3.05) is 18.5 Å². The number of aromatic nitrogens is 1. The Morgan fingerprint density at radius 2 is 2.21 bits per heavy atom. The Hall–Kier alpha value is -0.960. The van der Waals surface area contributed by atoms with Crippen LogP contribution >= 0.6 is 0 Å². The molecular weight excluding hydrogens is 174 g/mol. The molecule has 0 aliphatic rings.